The van der Waals surface area contributed by atoms with Gasteiger partial charge in [0.15, 0.2) is 0 Å². The number of rotatable bonds is 3. The number of amides is 1. The van der Waals surface area contributed by atoms with E-state index in [1.54, 1.807) is 9.80 Å². The van der Waals surface area contributed by atoms with E-state index in [9.17, 15) is 26.7 Å². The molecular weight excluding hydrogens is 367 g/mol. The number of benzene rings is 1. The molecule has 1 aromatic rings. The summed E-state index contributed by atoms with van der Waals surface area (Å²) in [6, 6.07) is 3.71. The number of para-hydroxylation sites is 1. The molecule has 1 aliphatic carbocycles. The molecule has 0 N–H and O–H groups in total. The Morgan fingerprint density at radius 2 is 1.52 bits per heavy atom. The average Bonchev–Trinajstić information content (AvgIpc) is 2.62. The highest BCUT2D eigenvalue weighted by Gasteiger charge is 2.41. The predicted molar refractivity (Wildman–Crippen MR) is 91.3 cm³/mol. The third kappa shape index (κ3) is 4.71. The number of carbonyl (C=O) groups is 1. The number of piperazine rings is 1. The number of hydrogen-bond donors (Lipinski definition) is 0. The molecule has 0 spiro atoms. The summed E-state index contributed by atoms with van der Waals surface area (Å²) < 4.78 is 65.9. The fourth-order valence-corrected chi connectivity index (χ4v) is 4.04. The maximum Gasteiger partial charge on any atom is 0.391 e. The molecule has 0 radical (unpaired) electrons. The van der Waals surface area contributed by atoms with Gasteiger partial charge in [-0.05, 0) is 43.7 Å². The van der Waals surface area contributed by atoms with Gasteiger partial charge < -0.3 is 9.80 Å². The maximum atomic E-state index is 13.9. The van der Waals surface area contributed by atoms with Crippen LogP contribution in [-0.2, 0) is 4.79 Å². The van der Waals surface area contributed by atoms with Crippen LogP contribution in [0.3, 0.4) is 0 Å². The van der Waals surface area contributed by atoms with E-state index in [-0.39, 0.29) is 36.8 Å². The Labute approximate surface area is 155 Å². The van der Waals surface area contributed by atoms with Crippen molar-refractivity contribution in [2.24, 2.45) is 11.8 Å². The molecule has 3 rings (SSSR count). The van der Waals surface area contributed by atoms with Crippen LogP contribution in [-0.4, -0.2) is 43.2 Å². The Balaban J connectivity index is 1.48. The van der Waals surface area contributed by atoms with Crippen LogP contribution in [0.2, 0.25) is 0 Å². The van der Waals surface area contributed by atoms with Gasteiger partial charge in [-0.15, -0.1) is 0 Å². The normalized spacial score (nSPS) is 24.2. The van der Waals surface area contributed by atoms with Crippen LogP contribution in [0.1, 0.15) is 32.1 Å². The molecule has 0 bridgehead atoms. The van der Waals surface area contributed by atoms with E-state index in [4.69, 9.17) is 0 Å². The van der Waals surface area contributed by atoms with E-state index >= 15 is 0 Å². The van der Waals surface area contributed by atoms with Crippen molar-refractivity contribution in [3.8, 4) is 0 Å². The lowest BCUT2D eigenvalue weighted by atomic mass is 9.80. The van der Waals surface area contributed by atoms with Gasteiger partial charge in [0.2, 0.25) is 5.91 Å². The minimum atomic E-state index is -4.15. The topological polar surface area (TPSA) is 23.6 Å². The molecule has 27 heavy (non-hydrogen) atoms. The van der Waals surface area contributed by atoms with Gasteiger partial charge in [-0.2, -0.15) is 13.2 Å². The predicted octanol–water partition coefficient (Wildman–Crippen LogP) is 4.37. The van der Waals surface area contributed by atoms with Crippen LogP contribution < -0.4 is 4.90 Å². The van der Waals surface area contributed by atoms with Crippen LogP contribution >= 0.6 is 0 Å². The van der Waals surface area contributed by atoms with Crippen molar-refractivity contribution in [3.63, 3.8) is 0 Å². The number of hydrogen-bond acceptors (Lipinski definition) is 2. The molecule has 2 aliphatic rings. The van der Waals surface area contributed by atoms with E-state index in [1.165, 1.54) is 18.2 Å². The van der Waals surface area contributed by atoms with Crippen LogP contribution in [0.4, 0.5) is 27.6 Å². The van der Waals surface area contributed by atoms with Crippen molar-refractivity contribution >= 4 is 11.6 Å². The van der Waals surface area contributed by atoms with Gasteiger partial charge in [-0.1, -0.05) is 6.07 Å². The van der Waals surface area contributed by atoms with Gasteiger partial charge in [-0.25, -0.2) is 8.78 Å². The first kappa shape index (κ1) is 19.9. The second-order valence-corrected chi connectivity index (χ2v) is 7.40. The van der Waals surface area contributed by atoms with Crippen LogP contribution in [0.5, 0.6) is 0 Å². The molecule has 1 amide bonds. The average molecular weight is 390 g/mol. The van der Waals surface area contributed by atoms with E-state index < -0.39 is 23.7 Å². The first-order chi connectivity index (χ1) is 12.8. The fraction of sp³-hybridized carbons (Fsp3) is 0.632. The summed E-state index contributed by atoms with van der Waals surface area (Å²) in [7, 11) is 0. The molecule has 0 aromatic heterocycles. The largest absolute Gasteiger partial charge is 0.391 e. The molecule has 150 valence electrons. The molecule has 1 heterocycles. The number of nitrogens with zero attached hydrogens (tertiary/aromatic N) is 2. The summed E-state index contributed by atoms with van der Waals surface area (Å²) in [4.78, 5) is 15.7. The summed E-state index contributed by atoms with van der Waals surface area (Å²) in [5.74, 6) is -2.60. The zero-order chi connectivity index (χ0) is 19.6. The van der Waals surface area contributed by atoms with Gasteiger partial charge >= 0.3 is 6.18 Å². The monoisotopic (exact) mass is 390 g/mol. The zero-order valence-electron chi connectivity index (χ0n) is 14.9. The number of alkyl halides is 3. The second-order valence-electron chi connectivity index (χ2n) is 7.40. The SMILES string of the molecule is O=C(CC1CCC(C(F)(F)F)CC1)N1CCN(c2c(F)cccc2F)CC1. The van der Waals surface area contributed by atoms with E-state index in [0.717, 1.165) is 0 Å². The molecule has 1 aliphatic heterocycles. The number of carbonyl (C=O) groups excluding carboxylic acids is 1. The van der Waals surface area contributed by atoms with Gasteiger partial charge in [-0.3, -0.25) is 4.79 Å². The fourth-order valence-electron chi connectivity index (χ4n) is 4.04. The van der Waals surface area contributed by atoms with Gasteiger partial charge in [0.1, 0.15) is 17.3 Å². The highest BCUT2D eigenvalue weighted by Crippen LogP contribution is 2.40. The highest BCUT2D eigenvalue weighted by atomic mass is 19.4. The maximum absolute atomic E-state index is 13.9. The van der Waals surface area contributed by atoms with Crippen molar-refractivity contribution < 1.29 is 26.7 Å². The van der Waals surface area contributed by atoms with Gasteiger partial charge in [0.05, 0.1) is 5.92 Å². The highest BCUT2D eigenvalue weighted by molar-refractivity contribution is 5.76. The minimum absolute atomic E-state index is 0.0156. The van der Waals surface area contributed by atoms with Crippen LogP contribution in [0.25, 0.3) is 0 Å². The third-order valence-corrected chi connectivity index (χ3v) is 5.66. The second kappa shape index (κ2) is 8.02. The first-order valence-corrected chi connectivity index (χ1v) is 9.29. The molecule has 0 unspecified atom stereocenters. The van der Waals surface area contributed by atoms with E-state index in [0.29, 0.717) is 39.0 Å². The summed E-state index contributed by atoms with van der Waals surface area (Å²) in [5, 5.41) is 0. The molecule has 2 fully saturated rings. The molecule has 1 saturated heterocycles. The Hall–Kier alpha value is -1.86. The zero-order valence-corrected chi connectivity index (χ0v) is 14.9. The lowest BCUT2D eigenvalue weighted by Gasteiger charge is -2.37. The Morgan fingerprint density at radius 1 is 0.963 bits per heavy atom. The van der Waals surface area contributed by atoms with Crippen molar-refractivity contribution in [2.45, 2.75) is 38.3 Å². The summed E-state index contributed by atoms with van der Waals surface area (Å²) in [6.45, 7) is 1.35. The standard InChI is InChI=1S/C19H23F5N2O/c20-15-2-1-3-16(21)18(15)26-10-8-25(9-11-26)17(27)12-13-4-6-14(7-5-13)19(22,23)24/h1-3,13-14H,4-12H2. The van der Waals surface area contributed by atoms with Crippen LogP contribution in [0.15, 0.2) is 18.2 Å². The Morgan fingerprint density at radius 3 is 2.04 bits per heavy atom. The lowest BCUT2D eigenvalue weighted by molar-refractivity contribution is -0.184. The molecule has 0 atom stereocenters. The smallest absolute Gasteiger partial charge is 0.363 e. The summed E-state index contributed by atoms with van der Waals surface area (Å²) in [5.41, 5.74) is -0.0740. The summed E-state index contributed by atoms with van der Waals surface area (Å²) >= 11 is 0. The van der Waals surface area contributed by atoms with Crippen molar-refractivity contribution in [3.05, 3.63) is 29.8 Å². The molecule has 3 nitrogen and oxygen atoms in total. The van der Waals surface area contributed by atoms with Crippen LogP contribution in [0, 0.1) is 23.5 Å². The number of halogens is 5. The van der Waals surface area contributed by atoms with E-state index in [1.807, 2.05) is 0 Å². The first-order valence-electron chi connectivity index (χ1n) is 9.29. The van der Waals surface area contributed by atoms with Crippen molar-refractivity contribution in [1.29, 1.82) is 0 Å². The van der Waals surface area contributed by atoms with E-state index in [2.05, 4.69) is 0 Å². The quantitative estimate of drug-likeness (QED) is 0.716. The number of anilines is 1. The molecule has 1 aromatic carbocycles. The Kier molecular flexibility index (Phi) is 5.91. The van der Waals surface area contributed by atoms with Crippen molar-refractivity contribution in [2.75, 3.05) is 31.1 Å². The molecule has 8 heteroatoms. The Bertz CT molecular complexity index is 642. The molecule has 1 saturated carbocycles. The third-order valence-electron chi connectivity index (χ3n) is 5.66. The minimum Gasteiger partial charge on any atom is -0.363 e. The van der Waals surface area contributed by atoms with Crippen molar-refractivity contribution in [1.82, 2.24) is 4.90 Å². The lowest BCUT2D eigenvalue weighted by Crippen LogP contribution is -2.49. The van der Waals surface area contributed by atoms with Gasteiger partial charge in [0.25, 0.3) is 0 Å². The molecular formula is C19H23F5N2O. The summed E-state index contributed by atoms with van der Waals surface area (Å²) in [6.07, 6.45) is -2.90. The van der Waals surface area contributed by atoms with Gasteiger partial charge in [0, 0.05) is 32.6 Å².